The van der Waals surface area contributed by atoms with Crippen molar-refractivity contribution in [1.82, 2.24) is 39.0 Å². The van der Waals surface area contributed by atoms with E-state index in [0.29, 0.717) is 57.9 Å². The molecule has 0 atom stereocenters. The van der Waals surface area contributed by atoms with Crippen molar-refractivity contribution in [2.45, 2.75) is 79.1 Å². The number of aromatic nitrogens is 8. The molecule has 4 heterocycles. The van der Waals surface area contributed by atoms with Crippen LogP contribution in [-0.4, -0.2) is 65.3 Å². The third-order valence-electron chi connectivity index (χ3n) is 6.09. The van der Waals surface area contributed by atoms with Crippen LogP contribution in [-0.2, 0) is 25.7 Å². The molecule has 4 aromatic rings. The van der Waals surface area contributed by atoms with Gasteiger partial charge in [-0.15, -0.1) is 0 Å². The van der Waals surface area contributed by atoms with Crippen molar-refractivity contribution in [1.29, 1.82) is 0 Å². The van der Waals surface area contributed by atoms with Crippen LogP contribution in [0.3, 0.4) is 0 Å². The minimum atomic E-state index is -0.470. The summed E-state index contributed by atoms with van der Waals surface area (Å²) >= 11 is -0.939. The molecule has 2 N–H and O–H groups in total. The Morgan fingerprint density at radius 1 is 0.548 bits per heavy atom. The summed E-state index contributed by atoms with van der Waals surface area (Å²) in [5, 5.41) is 0. The van der Waals surface area contributed by atoms with Gasteiger partial charge in [-0.2, -0.15) is 0 Å². The summed E-state index contributed by atoms with van der Waals surface area (Å²) in [6.07, 6.45) is 5.65. The average molecular weight is 705 g/mol. The summed E-state index contributed by atoms with van der Waals surface area (Å²) in [4.78, 5) is 75.9. The van der Waals surface area contributed by atoms with Gasteiger partial charge in [-0.1, -0.05) is 0 Å². The predicted octanol–water partition coefficient (Wildman–Crippen LogP) is 0.0292. The molecule has 0 amide bonds. The van der Waals surface area contributed by atoms with Crippen LogP contribution in [0.1, 0.15) is 76.2 Å². The Balaban J connectivity index is 1.85. The molecule has 42 heavy (non-hydrogen) atoms. The third-order valence-corrected chi connectivity index (χ3v) is 12.2. The molecule has 0 aromatic carbocycles. The number of hydrogen-bond acceptors (Lipinski definition) is 8. The maximum atomic E-state index is 13.4. The van der Waals surface area contributed by atoms with Gasteiger partial charge in [0, 0.05) is 0 Å². The summed E-state index contributed by atoms with van der Waals surface area (Å²) in [5.41, 5.74) is 1.14. The molecule has 12 nitrogen and oxygen atoms in total. The van der Waals surface area contributed by atoms with Gasteiger partial charge in [-0.05, 0) is 0 Å². The minimum absolute atomic E-state index is 0.127. The summed E-state index contributed by atoms with van der Waals surface area (Å²) in [6.45, 7) is 8.01. The maximum absolute atomic E-state index is 13.4. The molecule has 0 radical (unpaired) electrons. The van der Waals surface area contributed by atoms with Gasteiger partial charge in [0.1, 0.15) is 0 Å². The van der Waals surface area contributed by atoms with E-state index in [4.69, 9.17) is 9.97 Å². The van der Waals surface area contributed by atoms with Gasteiger partial charge in [0.15, 0.2) is 0 Å². The van der Waals surface area contributed by atoms with Crippen molar-refractivity contribution >= 4 is 35.7 Å². The van der Waals surface area contributed by atoms with Crippen molar-refractivity contribution < 1.29 is 0 Å². The van der Waals surface area contributed by atoms with Crippen LogP contribution in [0.2, 0.25) is 0 Å². The first-order valence-corrected chi connectivity index (χ1v) is 20.1. The molecule has 0 aliphatic heterocycles. The zero-order valence-electron chi connectivity index (χ0n) is 24.1. The second kappa shape index (κ2) is 14.6. The zero-order valence-corrected chi connectivity index (χ0v) is 27.5. The molecular formula is C28H34N8O4Se2. The summed E-state index contributed by atoms with van der Waals surface area (Å²) in [7, 11) is 0. The van der Waals surface area contributed by atoms with Crippen LogP contribution in [0.25, 0.3) is 11.9 Å². The Morgan fingerprint density at radius 2 is 0.881 bits per heavy atom. The van der Waals surface area contributed by atoms with Gasteiger partial charge in [-0.25, -0.2) is 0 Å². The molecular weight excluding hydrogens is 670 g/mol. The van der Waals surface area contributed by atoms with E-state index in [0.717, 1.165) is 25.7 Å². The van der Waals surface area contributed by atoms with E-state index >= 15 is 0 Å². The monoisotopic (exact) mass is 706 g/mol. The molecule has 0 aliphatic rings. The Bertz CT molecular complexity index is 1660. The number of H-pyrrole nitrogens is 2. The van der Waals surface area contributed by atoms with Crippen LogP contribution in [0, 0.1) is 0 Å². The molecule has 4 aromatic heterocycles. The Hall–Kier alpha value is -3.44. The quantitative estimate of drug-likeness (QED) is 0.185. The van der Waals surface area contributed by atoms with Crippen LogP contribution in [0.15, 0.2) is 43.4 Å². The summed E-state index contributed by atoms with van der Waals surface area (Å²) in [6, 6.07) is 5.83. The first-order chi connectivity index (χ1) is 20.3. The van der Waals surface area contributed by atoms with Crippen LogP contribution < -0.4 is 31.7 Å². The molecule has 0 spiro atoms. The first-order valence-electron chi connectivity index (χ1n) is 14.1. The van der Waals surface area contributed by atoms with Gasteiger partial charge in [0.05, 0.1) is 0 Å². The number of aryl methyl sites for hydroxylation is 4. The molecule has 0 fully saturated rings. The van der Waals surface area contributed by atoms with E-state index in [1.54, 1.807) is 0 Å². The van der Waals surface area contributed by atoms with Crippen molar-refractivity contribution in [2.24, 2.45) is 0 Å². The van der Waals surface area contributed by atoms with Crippen molar-refractivity contribution in [3.05, 3.63) is 88.5 Å². The molecule has 0 aliphatic carbocycles. The van der Waals surface area contributed by atoms with Crippen molar-refractivity contribution in [3.8, 4) is 11.9 Å². The van der Waals surface area contributed by atoms with E-state index < -0.39 is 26.3 Å². The first kappa shape index (κ1) is 31.5. The molecule has 0 bridgehead atoms. The Labute approximate surface area is 253 Å². The fraction of sp³-hybridized carbons (Fsp3) is 0.429. The van der Waals surface area contributed by atoms with Crippen molar-refractivity contribution in [3.63, 3.8) is 0 Å². The van der Waals surface area contributed by atoms with E-state index in [-0.39, 0.29) is 34.1 Å². The topological polar surface area (TPSA) is 161 Å². The Kier molecular flexibility index (Phi) is 11.0. The SMILES string of the molecule is CCCc1cc(=O)[nH]c(-n2c([Se][Se]c3nc(CCC)cc(=O)n3-c3nc(CCC)cc(=O)[nH]3)nc(CCC)cc2=O)n1. The number of rotatable bonds is 13. The standard InChI is InChI=1S/C28H34N8O4Se2/c1-5-9-17-13-21(37)33-25(29-17)35-23(39)15-19(11-7-3)31-27(35)41-42-28-32-20(12-8-4)16-24(40)36(28)26-30-18(10-6-2)14-22(38)34-26/h13-16H,5-12H2,1-4H3,(H,29,33,37)(H,30,34,38). The van der Waals surface area contributed by atoms with Gasteiger partial charge in [0.2, 0.25) is 0 Å². The predicted molar refractivity (Wildman–Crippen MR) is 163 cm³/mol. The summed E-state index contributed by atoms with van der Waals surface area (Å²) in [5.74, 6) is 0.255. The van der Waals surface area contributed by atoms with Crippen LogP contribution in [0.5, 0.6) is 0 Å². The van der Waals surface area contributed by atoms with Crippen LogP contribution in [0.4, 0.5) is 0 Å². The fourth-order valence-electron chi connectivity index (χ4n) is 4.33. The molecule has 4 rings (SSSR count). The number of nitrogens with one attached hydrogen (secondary N) is 2. The van der Waals surface area contributed by atoms with Gasteiger partial charge in [0.25, 0.3) is 0 Å². The number of nitrogens with zero attached hydrogens (tertiary/aromatic N) is 6. The number of aromatic amines is 2. The van der Waals surface area contributed by atoms with E-state index in [2.05, 4.69) is 19.9 Å². The third kappa shape index (κ3) is 7.68. The van der Waals surface area contributed by atoms with Gasteiger partial charge >= 0.3 is 254 Å². The molecule has 222 valence electrons. The number of hydrogen-bond donors (Lipinski definition) is 2. The Morgan fingerprint density at radius 3 is 1.21 bits per heavy atom. The molecule has 14 heteroatoms. The fourth-order valence-corrected chi connectivity index (χ4v) is 10.4. The molecule has 0 saturated carbocycles. The van der Waals surface area contributed by atoms with Gasteiger partial charge in [-0.3, -0.25) is 0 Å². The van der Waals surface area contributed by atoms with E-state index in [1.165, 1.54) is 33.4 Å². The van der Waals surface area contributed by atoms with Gasteiger partial charge < -0.3 is 0 Å². The van der Waals surface area contributed by atoms with E-state index in [9.17, 15) is 19.2 Å². The van der Waals surface area contributed by atoms with Crippen LogP contribution >= 0.6 is 0 Å². The second-order valence-corrected chi connectivity index (χ2v) is 15.6. The second-order valence-electron chi connectivity index (χ2n) is 9.69. The normalized spacial score (nSPS) is 11.2. The van der Waals surface area contributed by atoms with E-state index in [1.807, 2.05) is 27.7 Å². The molecule has 0 saturated heterocycles. The van der Waals surface area contributed by atoms with Crippen molar-refractivity contribution in [2.75, 3.05) is 0 Å². The average Bonchev–Trinajstić information content (AvgIpc) is 2.91. The summed E-state index contributed by atoms with van der Waals surface area (Å²) < 4.78 is 3.67. The zero-order chi connectivity index (χ0) is 30.2. The molecule has 0 unspecified atom stereocenters.